The van der Waals surface area contributed by atoms with Crippen molar-refractivity contribution in [2.45, 2.75) is 19.3 Å². The minimum absolute atomic E-state index is 0. The molecule has 0 N–H and O–H groups in total. The maximum atomic E-state index is 4.77. The van der Waals surface area contributed by atoms with Crippen molar-refractivity contribution in [1.29, 1.82) is 0 Å². The minimum Gasteiger partial charge on any atom is -0.408 e. The fraction of sp³-hybridized carbons (Fsp3) is 0.227. The molecule has 0 aliphatic heterocycles. The summed E-state index contributed by atoms with van der Waals surface area (Å²) in [6.07, 6.45) is 3.38. The third kappa shape index (κ3) is 6.22. The molecule has 0 aliphatic rings. The van der Waals surface area contributed by atoms with Gasteiger partial charge in [-0.2, -0.15) is 0 Å². The van der Waals surface area contributed by atoms with Crippen LogP contribution in [0.3, 0.4) is 0 Å². The van der Waals surface area contributed by atoms with Crippen molar-refractivity contribution in [3.05, 3.63) is 83.4 Å². The Bertz CT molecular complexity index is 814. The van der Waals surface area contributed by atoms with E-state index in [9.17, 15) is 0 Å². The third-order valence-electron chi connectivity index (χ3n) is 4.39. The van der Waals surface area contributed by atoms with Crippen LogP contribution < -0.4 is 4.90 Å². The second kappa shape index (κ2) is 11.5. The molecule has 3 rings (SSSR count). The van der Waals surface area contributed by atoms with Gasteiger partial charge in [0.25, 0.3) is 0 Å². The molecule has 0 amide bonds. The first kappa shape index (κ1) is 22.7. The number of thiazole rings is 1. The Kier molecular flexibility index (Phi) is 9.65. The summed E-state index contributed by atoms with van der Waals surface area (Å²) >= 11 is 5.29. The SMILES string of the molecule is [CH2-]CN(C[CH2-])c1nc(-c2ccc(CCCc3ccccc3)cc2)c(Br)s1.[Y]. The number of benzene rings is 2. The molecule has 0 bridgehead atoms. The molecule has 1 radical (unpaired) electrons. The monoisotopic (exact) mass is 515 g/mol. The van der Waals surface area contributed by atoms with Gasteiger partial charge in [0.15, 0.2) is 5.13 Å². The molecule has 0 unspecified atom stereocenters. The van der Waals surface area contributed by atoms with E-state index in [1.165, 1.54) is 11.1 Å². The largest absolute Gasteiger partial charge is 0.408 e. The first-order valence-electron chi connectivity index (χ1n) is 8.84. The van der Waals surface area contributed by atoms with Crippen LogP contribution in [-0.4, -0.2) is 18.1 Å². The van der Waals surface area contributed by atoms with Crippen LogP contribution in [0.5, 0.6) is 0 Å². The fourth-order valence-electron chi connectivity index (χ4n) is 2.88. The van der Waals surface area contributed by atoms with E-state index in [4.69, 9.17) is 4.98 Å². The molecule has 139 valence electrons. The normalized spacial score (nSPS) is 10.5. The summed E-state index contributed by atoms with van der Waals surface area (Å²) in [6, 6.07) is 19.4. The van der Waals surface area contributed by atoms with Crippen LogP contribution in [0.2, 0.25) is 0 Å². The summed E-state index contributed by atoms with van der Waals surface area (Å²) in [5.74, 6) is 0. The number of rotatable bonds is 8. The number of hydrogen-bond donors (Lipinski definition) is 0. The standard InChI is InChI=1S/C22H23BrN2S.Y/c1-3-25(4-2)22-24-20(21(23)26-22)19-15-13-18(14-16-19)12-8-11-17-9-6-5-7-10-17;/h5-7,9-10,13-16H,1-4,8,11-12H2;/q-2;. The van der Waals surface area contributed by atoms with Crippen molar-refractivity contribution in [2.24, 2.45) is 0 Å². The molecule has 2 nitrogen and oxygen atoms in total. The summed E-state index contributed by atoms with van der Waals surface area (Å²) in [5.41, 5.74) is 4.91. The van der Waals surface area contributed by atoms with E-state index in [1.807, 2.05) is 0 Å². The van der Waals surface area contributed by atoms with E-state index < -0.39 is 0 Å². The molecule has 1 heterocycles. The van der Waals surface area contributed by atoms with Crippen molar-refractivity contribution < 1.29 is 32.7 Å². The second-order valence-electron chi connectivity index (χ2n) is 6.14. The number of hydrogen-bond acceptors (Lipinski definition) is 3. The molecule has 3 aromatic rings. The van der Waals surface area contributed by atoms with Crippen molar-refractivity contribution in [3.63, 3.8) is 0 Å². The molecule has 0 atom stereocenters. The minimum atomic E-state index is 0. The number of halogens is 1. The molecule has 1 aromatic heterocycles. The van der Waals surface area contributed by atoms with Crippen molar-refractivity contribution >= 4 is 32.4 Å². The van der Waals surface area contributed by atoms with E-state index in [0.717, 1.165) is 39.4 Å². The zero-order chi connectivity index (χ0) is 18.4. The molecule has 0 aliphatic carbocycles. The van der Waals surface area contributed by atoms with Gasteiger partial charge in [0.1, 0.15) is 0 Å². The van der Waals surface area contributed by atoms with E-state index in [-0.39, 0.29) is 32.7 Å². The molecule has 2 aromatic carbocycles. The predicted octanol–water partition coefficient (Wildman–Crippen LogP) is 6.22. The van der Waals surface area contributed by atoms with Gasteiger partial charge in [-0.1, -0.05) is 65.9 Å². The van der Waals surface area contributed by atoms with Gasteiger partial charge in [-0.15, -0.1) is 13.1 Å². The van der Waals surface area contributed by atoms with Crippen molar-refractivity contribution in [3.8, 4) is 11.3 Å². The molecule has 0 spiro atoms. The van der Waals surface area contributed by atoms with Crippen LogP contribution in [0.1, 0.15) is 17.5 Å². The van der Waals surface area contributed by atoms with E-state index in [0.29, 0.717) is 13.1 Å². The molecular weight excluding hydrogens is 493 g/mol. The Hall–Kier alpha value is -0.546. The van der Waals surface area contributed by atoms with Gasteiger partial charge < -0.3 is 18.7 Å². The summed E-state index contributed by atoms with van der Waals surface area (Å²) in [7, 11) is 0. The fourth-order valence-corrected chi connectivity index (χ4v) is 4.50. The van der Waals surface area contributed by atoms with Crippen LogP contribution in [0.25, 0.3) is 11.3 Å². The Morgan fingerprint density at radius 3 is 2.07 bits per heavy atom. The van der Waals surface area contributed by atoms with Crippen molar-refractivity contribution in [2.75, 3.05) is 18.0 Å². The van der Waals surface area contributed by atoms with Gasteiger partial charge in [-0.05, 0) is 46.3 Å². The molecule has 0 saturated carbocycles. The van der Waals surface area contributed by atoms with Gasteiger partial charge in [0.05, 0.1) is 9.48 Å². The van der Waals surface area contributed by atoms with Gasteiger partial charge in [-0.25, -0.2) is 4.98 Å². The average molecular weight is 516 g/mol. The van der Waals surface area contributed by atoms with Gasteiger partial charge in [0.2, 0.25) is 0 Å². The van der Waals surface area contributed by atoms with Crippen LogP contribution in [0.4, 0.5) is 5.13 Å². The van der Waals surface area contributed by atoms with Gasteiger partial charge in [0, 0.05) is 38.3 Å². The zero-order valence-corrected chi connectivity index (χ0v) is 20.6. The zero-order valence-electron chi connectivity index (χ0n) is 15.4. The average Bonchev–Trinajstić information content (AvgIpc) is 3.06. The summed E-state index contributed by atoms with van der Waals surface area (Å²) < 4.78 is 1.05. The maximum absolute atomic E-state index is 4.77. The number of anilines is 1. The topological polar surface area (TPSA) is 16.1 Å². The Morgan fingerprint density at radius 1 is 0.889 bits per heavy atom. The van der Waals surface area contributed by atoms with Gasteiger partial charge in [-0.3, -0.25) is 0 Å². The van der Waals surface area contributed by atoms with E-state index in [2.05, 4.69) is 89.3 Å². The van der Waals surface area contributed by atoms with Gasteiger partial charge >= 0.3 is 0 Å². The Labute approximate surface area is 200 Å². The van der Waals surface area contributed by atoms with Crippen LogP contribution in [-0.2, 0) is 45.6 Å². The third-order valence-corrected chi connectivity index (χ3v) is 6.15. The number of nitrogens with zero attached hydrogens (tertiary/aromatic N) is 2. The van der Waals surface area contributed by atoms with E-state index >= 15 is 0 Å². The number of aromatic nitrogens is 1. The molecule has 0 saturated heterocycles. The Balaban J connectivity index is 0.00000261. The molecule has 0 fully saturated rings. The summed E-state index contributed by atoms with van der Waals surface area (Å²) in [5, 5.41) is 0.962. The first-order chi connectivity index (χ1) is 12.7. The summed E-state index contributed by atoms with van der Waals surface area (Å²) in [6.45, 7) is 9.23. The maximum Gasteiger partial charge on any atom is 0.182 e. The van der Waals surface area contributed by atoms with Crippen LogP contribution in [0, 0.1) is 13.8 Å². The van der Waals surface area contributed by atoms with Crippen LogP contribution >= 0.6 is 27.3 Å². The molecular formula is C22H23BrN2SY-2. The van der Waals surface area contributed by atoms with Crippen molar-refractivity contribution in [1.82, 2.24) is 4.98 Å². The number of aryl methyl sites for hydroxylation is 2. The van der Waals surface area contributed by atoms with E-state index in [1.54, 1.807) is 11.3 Å². The second-order valence-corrected chi connectivity index (χ2v) is 8.44. The first-order valence-corrected chi connectivity index (χ1v) is 10.4. The smallest absolute Gasteiger partial charge is 0.182 e. The Morgan fingerprint density at radius 2 is 1.48 bits per heavy atom. The summed E-state index contributed by atoms with van der Waals surface area (Å²) in [4.78, 5) is 6.84. The molecule has 5 heteroatoms. The predicted molar refractivity (Wildman–Crippen MR) is 117 cm³/mol. The quantitative estimate of drug-likeness (QED) is 0.331. The molecule has 27 heavy (non-hydrogen) atoms. The van der Waals surface area contributed by atoms with Crippen LogP contribution in [0.15, 0.2) is 58.4 Å².